The number of rotatable bonds is 3. The lowest BCUT2D eigenvalue weighted by atomic mass is 10.1. The van der Waals surface area contributed by atoms with Crippen LogP contribution in [0.1, 0.15) is 11.1 Å². The Bertz CT molecular complexity index is 385. The minimum absolute atomic E-state index is 0.0353. The molecule has 2 rings (SSSR count). The van der Waals surface area contributed by atoms with Crippen LogP contribution in [0.3, 0.4) is 0 Å². The summed E-state index contributed by atoms with van der Waals surface area (Å²) in [6.07, 6.45) is 2.33. The van der Waals surface area contributed by atoms with Gasteiger partial charge in [0.25, 0.3) is 0 Å². The van der Waals surface area contributed by atoms with Gasteiger partial charge in [0.15, 0.2) is 0 Å². The van der Waals surface area contributed by atoms with Crippen molar-refractivity contribution in [3.05, 3.63) is 29.8 Å². The van der Waals surface area contributed by atoms with Crippen molar-refractivity contribution in [3.63, 3.8) is 0 Å². The zero-order valence-corrected chi connectivity index (χ0v) is 8.69. The summed E-state index contributed by atoms with van der Waals surface area (Å²) in [6.45, 7) is 3.77. The summed E-state index contributed by atoms with van der Waals surface area (Å²) in [5.74, 6) is 1.62. The van der Waals surface area contributed by atoms with E-state index in [2.05, 4.69) is 6.58 Å². The SMILES string of the molecule is C=Cc1cc(OC)cc2c1OC(CO)C2. The molecule has 3 nitrogen and oxygen atoms in total. The van der Waals surface area contributed by atoms with E-state index in [1.807, 2.05) is 12.1 Å². The predicted molar refractivity (Wildman–Crippen MR) is 58.3 cm³/mol. The van der Waals surface area contributed by atoms with Crippen LogP contribution in [0.25, 0.3) is 6.08 Å². The zero-order valence-electron chi connectivity index (χ0n) is 8.69. The lowest BCUT2D eigenvalue weighted by Gasteiger charge is -2.09. The average molecular weight is 206 g/mol. The number of benzene rings is 1. The van der Waals surface area contributed by atoms with Gasteiger partial charge in [-0.25, -0.2) is 0 Å². The van der Waals surface area contributed by atoms with Crippen LogP contribution in [0.4, 0.5) is 0 Å². The average Bonchev–Trinajstić information content (AvgIpc) is 2.70. The second-order valence-corrected chi connectivity index (χ2v) is 3.54. The molecule has 0 bridgehead atoms. The molecule has 1 N–H and O–H groups in total. The van der Waals surface area contributed by atoms with E-state index in [4.69, 9.17) is 14.6 Å². The van der Waals surface area contributed by atoms with Gasteiger partial charge in [0.1, 0.15) is 17.6 Å². The second kappa shape index (κ2) is 3.95. The van der Waals surface area contributed by atoms with Gasteiger partial charge in [0.05, 0.1) is 13.7 Å². The standard InChI is InChI=1S/C12H14O3/c1-3-8-4-10(14-2)5-9-6-11(7-13)15-12(8)9/h3-5,11,13H,1,6-7H2,2H3. The van der Waals surface area contributed by atoms with Crippen LogP contribution in [0, 0.1) is 0 Å². The quantitative estimate of drug-likeness (QED) is 0.817. The van der Waals surface area contributed by atoms with Crippen molar-refractivity contribution in [2.24, 2.45) is 0 Å². The molecule has 0 radical (unpaired) electrons. The first-order chi connectivity index (χ1) is 7.28. The Morgan fingerprint density at radius 3 is 3.07 bits per heavy atom. The van der Waals surface area contributed by atoms with Crippen molar-refractivity contribution >= 4 is 6.08 Å². The Morgan fingerprint density at radius 1 is 1.67 bits per heavy atom. The third kappa shape index (κ3) is 1.70. The molecule has 0 saturated heterocycles. The first-order valence-electron chi connectivity index (χ1n) is 4.89. The second-order valence-electron chi connectivity index (χ2n) is 3.54. The van der Waals surface area contributed by atoms with Gasteiger partial charge >= 0.3 is 0 Å². The summed E-state index contributed by atoms with van der Waals surface area (Å²) in [6, 6.07) is 3.82. The summed E-state index contributed by atoms with van der Waals surface area (Å²) in [5.41, 5.74) is 1.99. The minimum atomic E-state index is -0.134. The lowest BCUT2D eigenvalue weighted by molar-refractivity contribution is 0.134. The summed E-state index contributed by atoms with van der Waals surface area (Å²) in [4.78, 5) is 0. The first kappa shape index (κ1) is 10.1. The molecule has 0 spiro atoms. The fourth-order valence-electron chi connectivity index (χ4n) is 1.80. The Balaban J connectivity index is 2.43. The highest BCUT2D eigenvalue weighted by atomic mass is 16.5. The molecule has 0 saturated carbocycles. The Labute approximate surface area is 88.9 Å². The number of hydrogen-bond donors (Lipinski definition) is 1. The largest absolute Gasteiger partial charge is 0.497 e. The number of aliphatic hydroxyl groups excluding tert-OH is 1. The van der Waals surface area contributed by atoms with E-state index in [1.54, 1.807) is 13.2 Å². The molecule has 1 unspecified atom stereocenters. The van der Waals surface area contributed by atoms with E-state index < -0.39 is 0 Å². The molecular weight excluding hydrogens is 192 g/mol. The van der Waals surface area contributed by atoms with Crippen LogP contribution in [0.2, 0.25) is 0 Å². The lowest BCUT2D eigenvalue weighted by Crippen LogP contribution is -2.17. The van der Waals surface area contributed by atoms with Gasteiger partial charge in [-0.05, 0) is 12.1 Å². The predicted octanol–water partition coefficient (Wildman–Crippen LogP) is 1.63. The molecule has 0 amide bonds. The molecule has 0 fully saturated rings. The summed E-state index contributed by atoms with van der Waals surface area (Å²) in [7, 11) is 1.63. The third-order valence-electron chi connectivity index (χ3n) is 2.56. The monoisotopic (exact) mass is 206 g/mol. The van der Waals surface area contributed by atoms with E-state index >= 15 is 0 Å². The fourth-order valence-corrected chi connectivity index (χ4v) is 1.80. The minimum Gasteiger partial charge on any atom is -0.497 e. The Kier molecular flexibility index (Phi) is 2.64. The van der Waals surface area contributed by atoms with E-state index in [-0.39, 0.29) is 12.7 Å². The maximum Gasteiger partial charge on any atom is 0.130 e. The molecule has 1 aliphatic heterocycles. The number of hydrogen-bond acceptors (Lipinski definition) is 3. The number of aliphatic hydroxyl groups is 1. The van der Waals surface area contributed by atoms with Crippen molar-refractivity contribution in [2.45, 2.75) is 12.5 Å². The molecule has 0 aliphatic carbocycles. The van der Waals surface area contributed by atoms with Gasteiger partial charge in [0.2, 0.25) is 0 Å². The van der Waals surface area contributed by atoms with Gasteiger partial charge < -0.3 is 14.6 Å². The van der Waals surface area contributed by atoms with E-state index in [0.29, 0.717) is 0 Å². The molecule has 0 aromatic heterocycles. The van der Waals surface area contributed by atoms with Gasteiger partial charge in [-0.3, -0.25) is 0 Å². The molecule has 1 aromatic rings. The molecule has 15 heavy (non-hydrogen) atoms. The van der Waals surface area contributed by atoms with Gasteiger partial charge in [-0.2, -0.15) is 0 Å². The van der Waals surface area contributed by atoms with Crippen molar-refractivity contribution in [1.29, 1.82) is 0 Å². The van der Waals surface area contributed by atoms with Crippen LogP contribution in [0.15, 0.2) is 18.7 Å². The molecule has 1 atom stereocenters. The number of ether oxygens (including phenoxy) is 2. The smallest absolute Gasteiger partial charge is 0.130 e. The Morgan fingerprint density at radius 2 is 2.47 bits per heavy atom. The van der Waals surface area contributed by atoms with Crippen LogP contribution in [-0.4, -0.2) is 24.9 Å². The van der Waals surface area contributed by atoms with Crippen molar-refractivity contribution in [1.82, 2.24) is 0 Å². The van der Waals surface area contributed by atoms with Crippen molar-refractivity contribution in [3.8, 4) is 11.5 Å². The zero-order chi connectivity index (χ0) is 10.8. The molecule has 1 aromatic carbocycles. The van der Waals surface area contributed by atoms with Crippen molar-refractivity contribution < 1.29 is 14.6 Å². The van der Waals surface area contributed by atoms with Crippen LogP contribution < -0.4 is 9.47 Å². The highest BCUT2D eigenvalue weighted by molar-refractivity contribution is 5.62. The van der Waals surface area contributed by atoms with Gasteiger partial charge in [-0.1, -0.05) is 12.7 Å². The highest BCUT2D eigenvalue weighted by Gasteiger charge is 2.24. The molecular formula is C12H14O3. The van der Waals surface area contributed by atoms with E-state index in [0.717, 1.165) is 29.0 Å². The summed E-state index contributed by atoms with van der Waals surface area (Å²) < 4.78 is 10.8. The number of fused-ring (bicyclic) bond motifs is 1. The first-order valence-corrected chi connectivity index (χ1v) is 4.89. The maximum absolute atomic E-state index is 9.05. The van der Waals surface area contributed by atoms with Crippen LogP contribution in [-0.2, 0) is 6.42 Å². The topological polar surface area (TPSA) is 38.7 Å². The summed E-state index contributed by atoms with van der Waals surface area (Å²) in [5, 5.41) is 9.05. The normalized spacial score (nSPS) is 18.1. The number of methoxy groups -OCH3 is 1. The third-order valence-corrected chi connectivity index (χ3v) is 2.56. The van der Waals surface area contributed by atoms with Gasteiger partial charge in [-0.15, -0.1) is 0 Å². The molecule has 1 heterocycles. The van der Waals surface area contributed by atoms with Crippen LogP contribution in [0.5, 0.6) is 11.5 Å². The Hall–Kier alpha value is -1.48. The highest BCUT2D eigenvalue weighted by Crippen LogP contribution is 2.36. The van der Waals surface area contributed by atoms with Gasteiger partial charge in [0, 0.05) is 17.5 Å². The van der Waals surface area contributed by atoms with E-state index in [9.17, 15) is 0 Å². The van der Waals surface area contributed by atoms with Crippen molar-refractivity contribution in [2.75, 3.05) is 13.7 Å². The summed E-state index contributed by atoms with van der Waals surface area (Å²) >= 11 is 0. The molecule has 80 valence electrons. The maximum atomic E-state index is 9.05. The molecule has 3 heteroatoms. The fraction of sp³-hybridized carbons (Fsp3) is 0.333. The molecule has 1 aliphatic rings. The van der Waals surface area contributed by atoms with Crippen LogP contribution >= 0.6 is 0 Å². The van der Waals surface area contributed by atoms with E-state index in [1.165, 1.54) is 0 Å².